The highest BCUT2D eigenvalue weighted by Gasteiger charge is 2.53. The van der Waals surface area contributed by atoms with Crippen molar-refractivity contribution in [1.82, 2.24) is 15.1 Å². The smallest absolute Gasteiger partial charge is 0.258 e. The number of likely N-dealkylation sites (N-methyl/N-ethyl adjacent to an activating group) is 1. The molecule has 28 heavy (non-hydrogen) atoms. The first kappa shape index (κ1) is 19.2. The fourth-order valence-electron chi connectivity index (χ4n) is 5.41. The van der Waals surface area contributed by atoms with Crippen molar-refractivity contribution < 1.29 is 18.8 Å². The predicted octanol–water partition coefficient (Wildman–Crippen LogP) is 1.78. The van der Waals surface area contributed by atoms with Gasteiger partial charge in [-0.15, -0.1) is 0 Å². The van der Waals surface area contributed by atoms with E-state index in [4.69, 9.17) is 4.42 Å². The molecule has 152 valence electrons. The van der Waals surface area contributed by atoms with Gasteiger partial charge in [-0.05, 0) is 46.2 Å². The molecule has 0 bridgehead atoms. The number of piperidine rings is 2. The fraction of sp³-hybridized carbons (Fsp3) is 0.667. The van der Waals surface area contributed by atoms with Crippen LogP contribution in [0.1, 0.15) is 64.3 Å². The van der Waals surface area contributed by atoms with Crippen molar-refractivity contribution in [3.63, 3.8) is 0 Å². The van der Waals surface area contributed by atoms with Crippen LogP contribution in [0.4, 0.5) is 0 Å². The van der Waals surface area contributed by atoms with Gasteiger partial charge in [-0.3, -0.25) is 14.4 Å². The molecule has 1 aliphatic carbocycles. The highest BCUT2D eigenvalue weighted by molar-refractivity contribution is 6.10. The van der Waals surface area contributed by atoms with Crippen molar-refractivity contribution >= 4 is 17.6 Å². The van der Waals surface area contributed by atoms with E-state index in [-0.39, 0.29) is 23.6 Å². The zero-order chi connectivity index (χ0) is 20.1. The second kappa shape index (κ2) is 7.03. The number of likely N-dealkylation sites (tertiary alicyclic amines) is 2. The number of hydrogen-bond donors (Lipinski definition) is 1. The molecular formula is C21H29N3O4. The Kier molecular flexibility index (Phi) is 4.81. The monoisotopic (exact) mass is 387 g/mol. The lowest BCUT2D eigenvalue weighted by molar-refractivity contribution is -0.141. The lowest BCUT2D eigenvalue weighted by Crippen LogP contribution is -2.66. The third kappa shape index (κ3) is 2.79. The van der Waals surface area contributed by atoms with E-state index < -0.39 is 5.41 Å². The van der Waals surface area contributed by atoms with Crippen LogP contribution in [-0.4, -0.2) is 67.2 Å². The molecule has 2 saturated heterocycles. The lowest BCUT2D eigenvalue weighted by atomic mass is 9.67. The molecule has 7 nitrogen and oxygen atoms in total. The predicted molar refractivity (Wildman–Crippen MR) is 103 cm³/mol. The number of nitrogens with one attached hydrogen (secondary N) is 1. The maximum Gasteiger partial charge on any atom is 0.258 e. The third-order valence-corrected chi connectivity index (χ3v) is 6.86. The first-order valence-electron chi connectivity index (χ1n) is 10.3. The van der Waals surface area contributed by atoms with Crippen LogP contribution in [0.15, 0.2) is 4.42 Å². The van der Waals surface area contributed by atoms with Gasteiger partial charge in [0.1, 0.15) is 11.5 Å². The summed E-state index contributed by atoms with van der Waals surface area (Å²) in [6.07, 6.45) is 4.23. The summed E-state index contributed by atoms with van der Waals surface area (Å²) < 4.78 is 5.81. The van der Waals surface area contributed by atoms with Crippen molar-refractivity contribution in [3.05, 3.63) is 22.6 Å². The SMILES string of the molecule is CNC(=O)[C@@]12CCCN(C(=O)c3c(C)oc4c3C(=O)CCC4)[C@@H]1CN(C)CC2. The highest BCUT2D eigenvalue weighted by Crippen LogP contribution is 2.43. The van der Waals surface area contributed by atoms with E-state index in [0.29, 0.717) is 48.6 Å². The molecule has 1 aromatic rings. The van der Waals surface area contributed by atoms with Crippen molar-refractivity contribution in [2.75, 3.05) is 33.7 Å². The minimum Gasteiger partial charge on any atom is -0.465 e. The van der Waals surface area contributed by atoms with Gasteiger partial charge in [-0.2, -0.15) is 0 Å². The van der Waals surface area contributed by atoms with Crippen LogP contribution in [0.2, 0.25) is 0 Å². The Balaban J connectivity index is 1.74. The zero-order valence-corrected chi connectivity index (χ0v) is 17.0. The molecule has 0 saturated carbocycles. The Morgan fingerprint density at radius 2 is 1.96 bits per heavy atom. The molecule has 4 rings (SSSR count). The number of nitrogens with zero attached hydrogens (tertiary/aromatic N) is 2. The highest BCUT2D eigenvalue weighted by atomic mass is 16.3. The van der Waals surface area contributed by atoms with E-state index >= 15 is 0 Å². The van der Waals surface area contributed by atoms with E-state index in [1.165, 1.54) is 0 Å². The molecule has 0 unspecified atom stereocenters. The molecule has 2 fully saturated rings. The summed E-state index contributed by atoms with van der Waals surface area (Å²) in [5.74, 6) is 1.02. The Morgan fingerprint density at radius 1 is 1.18 bits per heavy atom. The van der Waals surface area contributed by atoms with Crippen molar-refractivity contribution in [2.24, 2.45) is 5.41 Å². The molecule has 2 amide bonds. The quantitative estimate of drug-likeness (QED) is 0.836. The van der Waals surface area contributed by atoms with Gasteiger partial charge in [-0.1, -0.05) is 0 Å². The normalized spacial score (nSPS) is 27.9. The van der Waals surface area contributed by atoms with E-state index in [1.54, 1.807) is 14.0 Å². The number of rotatable bonds is 2. The van der Waals surface area contributed by atoms with Crippen molar-refractivity contribution in [1.29, 1.82) is 0 Å². The molecule has 3 aliphatic rings. The van der Waals surface area contributed by atoms with E-state index in [2.05, 4.69) is 10.2 Å². The van der Waals surface area contributed by atoms with Gasteiger partial charge in [-0.25, -0.2) is 0 Å². The maximum atomic E-state index is 13.7. The molecule has 1 N–H and O–H groups in total. The minimum absolute atomic E-state index is 0.00298. The van der Waals surface area contributed by atoms with Gasteiger partial charge in [0.05, 0.1) is 22.6 Å². The van der Waals surface area contributed by atoms with Gasteiger partial charge >= 0.3 is 0 Å². The average molecular weight is 387 g/mol. The summed E-state index contributed by atoms with van der Waals surface area (Å²) in [5.41, 5.74) is 0.339. The number of fused-ring (bicyclic) bond motifs is 2. The number of carbonyl (C=O) groups excluding carboxylic acids is 3. The number of carbonyl (C=O) groups is 3. The van der Waals surface area contributed by atoms with Crippen LogP contribution in [-0.2, 0) is 11.2 Å². The molecule has 1 aromatic heterocycles. The second-order valence-corrected chi connectivity index (χ2v) is 8.47. The maximum absolute atomic E-state index is 13.7. The number of Topliss-reactive ketones (excluding diaryl/α,β-unsaturated/α-hetero) is 1. The standard InChI is InChI=1S/C21H29N3O4/c1-13-17(18-14(25)6-4-7-15(18)28-13)19(26)24-10-5-8-21(20(27)22-2)9-11-23(3)12-16(21)24/h16H,4-12H2,1-3H3,(H,22,27)/t16-,21-/m1/s1. The summed E-state index contributed by atoms with van der Waals surface area (Å²) >= 11 is 0. The number of hydrogen-bond acceptors (Lipinski definition) is 5. The first-order chi connectivity index (χ1) is 13.4. The van der Waals surface area contributed by atoms with Gasteiger partial charge in [0.15, 0.2) is 5.78 Å². The number of furan rings is 1. The topological polar surface area (TPSA) is 82.9 Å². The van der Waals surface area contributed by atoms with Gasteiger partial charge < -0.3 is 19.5 Å². The minimum atomic E-state index is -0.559. The Labute approximate surface area is 165 Å². The summed E-state index contributed by atoms with van der Waals surface area (Å²) in [4.78, 5) is 43.2. The van der Waals surface area contributed by atoms with Gasteiger partial charge in [0.2, 0.25) is 5.91 Å². The van der Waals surface area contributed by atoms with E-state index in [0.717, 1.165) is 32.2 Å². The number of ketones is 1. The molecule has 0 spiro atoms. The van der Waals surface area contributed by atoms with Crippen LogP contribution in [0.25, 0.3) is 0 Å². The second-order valence-electron chi connectivity index (χ2n) is 8.47. The fourth-order valence-corrected chi connectivity index (χ4v) is 5.41. The van der Waals surface area contributed by atoms with Gasteiger partial charge in [0.25, 0.3) is 5.91 Å². The molecule has 0 radical (unpaired) electrons. The van der Waals surface area contributed by atoms with E-state index in [1.807, 2.05) is 11.9 Å². The Bertz CT molecular complexity index is 830. The van der Waals surface area contributed by atoms with E-state index in [9.17, 15) is 14.4 Å². The molecule has 0 aromatic carbocycles. The molecule has 7 heteroatoms. The molecular weight excluding hydrogens is 358 g/mol. The summed E-state index contributed by atoms with van der Waals surface area (Å²) in [7, 11) is 3.70. The largest absolute Gasteiger partial charge is 0.465 e. The van der Waals surface area contributed by atoms with Crippen molar-refractivity contribution in [3.8, 4) is 0 Å². The summed E-state index contributed by atoms with van der Waals surface area (Å²) in [6, 6.07) is -0.198. The van der Waals surface area contributed by atoms with Crippen molar-refractivity contribution in [2.45, 2.75) is 51.5 Å². The van der Waals surface area contributed by atoms with Crippen LogP contribution in [0, 0.1) is 12.3 Å². The number of aryl methyl sites for hydroxylation is 2. The van der Waals surface area contributed by atoms with Crippen LogP contribution >= 0.6 is 0 Å². The number of amides is 2. The van der Waals surface area contributed by atoms with Gasteiger partial charge in [0, 0.05) is 33.0 Å². The molecule has 2 atom stereocenters. The van der Waals surface area contributed by atoms with Crippen LogP contribution < -0.4 is 5.32 Å². The average Bonchev–Trinajstić information content (AvgIpc) is 3.03. The molecule has 2 aliphatic heterocycles. The zero-order valence-electron chi connectivity index (χ0n) is 17.0. The molecule has 3 heterocycles. The Hall–Kier alpha value is -2.15. The summed E-state index contributed by atoms with van der Waals surface area (Å²) in [5, 5.41) is 2.83. The third-order valence-electron chi connectivity index (χ3n) is 6.86. The lowest BCUT2D eigenvalue weighted by Gasteiger charge is -2.53. The Morgan fingerprint density at radius 3 is 2.71 bits per heavy atom. The summed E-state index contributed by atoms with van der Waals surface area (Å²) in [6.45, 7) is 3.86. The first-order valence-corrected chi connectivity index (χ1v) is 10.3. The van der Waals surface area contributed by atoms with Crippen LogP contribution in [0.5, 0.6) is 0 Å². The van der Waals surface area contributed by atoms with Crippen LogP contribution in [0.3, 0.4) is 0 Å².